The van der Waals surface area contributed by atoms with Crippen LogP contribution in [0.4, 0.5) is 0 Å². The molecule has 19 heavy (non-hydrogen) atoms. The smallest absolute Gasteiger partial charge is 0.322 e. The zero-order valence-electron chi connectivity index (χ0n) is 11.9. The summed E-state index contributed by atoms with van der Waals surface area (Å²) in [6, 6.07) is 6.04. The van der Waals surface area contributed by atoms with Gasteiger partial charge >= 0.3 is 5.97 Å². The second-order valence-corrected chi connectivity index (χ2v) is 5.74. The summed E-state index contributed by atoms with van der Waals surface area (Å²) in [4.78, 5) is 21.9. The summed E-state index contributed by atoms with van der Waals surface area (Å²) in [6.45, 7) is 8.05. The number of carboxylic acids is 1. The van der Waals surface area contributed by atoms with Gasteiger partial charge < -0.3 is 10.4 Å². The van der Waals surface area contributed by atoms with Crippen molar-refractivity contribution in [3.63, 3.8) is 0 Å². The van der Waals surface area contributed by atoms with Crippen LogP contribution in [0.5, 0.6) is 0 Å². The Morgan fingerprint density at radius 3 is 2.37 bits per heavy atom. The number of nitrogens with one attached hydrogen (secondary N) is 1. The van der Waals surface area contributed by atoms with E-state index in [4.69, 9.17) is 5.11 Å². The summed E-state index contributed by atoms with van der Waals surface area (Å²) in [5, 5.41) is 10.9. The molecule has 0 bridgehead atoms. The topological polar surface area (TPSA) is 66.4 Å². The predicted octanol–water partition coefficient (Wildman–Crippen LogP) is 2.04. The first-order valence-corrected chi connectivity index (χ1v) is 6.28. The van der Waals surface area contributed by atoms with Gasteiger partial charge in [0, 0.05) is 0 Å². The van der Waals surface area contributed by atoms with Crippen LogP contribution in [0.15, 0.2) is 18.2 Å². The minimum atomic E-state index is -1.03. The van der Waals surface area contributed by atoms with Crippen LogP contribution in [0, 0.1) is 6.92 Å². The molecule has 0 spiro atoms. The Hall–Kier alpha value is -1.84. The SMILES string of the molecule is Cc1cc(C(C)(C)C)ccc1CC(=O)NCC(=O)O. The Bertz CT molecular complexity index is 487. The Morgan fingerprint density at radius 2 is 1.89 bits per heavy atom. The van der Waals surface area contributed by atoms with Gasteiger partial charge in [-0.05, 0) is 29.0 Å². The molecule has 0 aliphatic heterocycles. The van der Waals surface area contributed by atoms with E-state index in [0.717, 1.165) is 11.1 Å². The van der Waals surface area contributed by atoms with Gasteiger partial charge in [-0.3, -0.25) is 9.59 Å². The van der Waals surface area contributed by atoms with E-state index in [0.29, 0.717) is 0 Å². The number of carbonyl (C=O) groups excluding carboxylic acids is 1. The molecule has 0 saturated heterocycles. The fourth-order valence-corrected chi connectivity index (χ4v) is 1.77. The van der Waals surface area contributed by atoms with Gasteiger partial charge in [0.15, 0.2) is 0 Å². The zero-order valence-corrected chi connectivity index (χ0v) is 11.9. The summed E-state index contributed by atoms with van der Waals surface area (Å²) >= 11 is 0. The van der Waals surface area contributed by atoms with E-state index >= 15 is 0 Å². The van der Waals surface area contributed by atoms with Crippen molar-refractivity contribution in [2.75, 3.05) is 6.54 Å². The van der Waals surface area contributed by atoms with Gasteiger partial charge in [-0.2, -0.15) is 0 Å². The van der Waals surface area contributed by atoms with Crippen LogP contribution in [0.1, 0.15) is 37.5 Å². The van der Waals surface area contributed by atoms with Crippen molar-refractivity contribution in [2.24, 2.45) is 0 Å². The molecule has 0 aliphatic rings. The first-order valence-electron chi connectivity index (χ1n) is 6.28. The van der Waals surface area contributed by atoms with E-state index < -0.39 is 5.97 Å². The summed E-state index contributed by atoms with van der Waals surface area (Å²) in [6.07, 6.45) is 0.212. The summed E-state index contributed by atoms with van der Waals surface area (Å²) in [7, 11) is 0. The fraction of sp³-hybridized carbons (Fsp3) is 0.467. The highest BCUT2D eigenvalue weighted by atomic mass is 16.4. The van der Waals surface area contributed by atoms with E-state index in [1.54, 1.807) is 0 Å². The molecule has 0 saturated carbocycles. The lowest BCUT2D eigenvalue weighted by Gasteiger charge is -2.20. The molecule has 1 aromatic rings. The maximum Gasteiger partial charge on any atom is 0.322 e. The first kappa shape index (κ1) is 15.2. The van der Waals surface area contributed by atoms with E-state index in [-0.39, 0.29) is 24.3 Å². The average Bonchev–Trinajstić information content (AvgIpc) is 2.27. The molecule has 2 N–H and O–H groups in total. The number of carbonyl (C=O) groups is 2. The van der Waals surface area contributed by atoms with Gasteiger partial charge in [-0.25, -0.2) is 0 Å². The molecule has 0 radical (unpaired) electrons. The molecule has 1 rings (SSSR count). The molecular weight excluding hydrogens is 242 g/mol. The maximum absolute atomic E-state index is 11.6. The van der Waals surface area contributed by atoms with Crippen LogP contribution in [0.3, 0.4) is 0 Å². The molecule has 0 atom stereocenters. The molecular formula is C15H21NO3. The number of hydrogen-bond donors (Lipinski definition) is 2. The second kappa shape index (κ2) is 5.87. The van der Waals surface area contributed by atoms with Crippen LogP contribution in [-0.2, 0) is 21.4 Å². The molecule has 0 aliphatic carbocycles. The van der Waals surface area contributed by atoms with Crippen molar-refractivity contribution in [3.8, 4) is 0 Å². The standard InChI is InChI=1S/C15H21NO3/c1-10-7-12(15(2,3)4)6-5-11(10)8-13(17)16-9-14(18)19/h5-7H,8-9H2,1-4H3,(H,16,17)(H,18,19). The number of amides is 1. The largest absolute Gasteiger partial charge is 0.480 e. The highest BCUT2D eigenvalue weighted by Gasteiger charge is 2.15. The minimum absolute atomic E-state index is 0.0782. The summed E-state index contributed by atoms with van der Waals surface area (Å²) in [5.41, 5.74) is 3.28. The minimum Gasteiger partial charge on any atom is -0.480 e. The predicted molar refractivity (Wildman–Crippen MR) is 74.2 cm³/mol. The van der Waals surface area contributed by atoms with Crippen molar-refractivity contribution in [1.29, 1.82) is 0 Å². The Labute approximate surface area is 113 Å². The number of aryl methyl sites for hydroxylation is 1. The van der Waals surface area contributed by atoms with Crippen LogP contribution >= 0.6 is 0 Å². The molecule has 1 amide bonds. The molecule has 1 aromatic carbocycles. The van der Waals surface area contributed by atoms with E-state index in [9.17, 15) is 9.59 Å². The van der Waals surface area contributed by atoms with Gasteiger partial charge in [-0.1, -0.05) is 39.0 Å². The number of benzene rings is 1. The highest BCUT2D eigenvalue weighted by molar-refractivity contribution is 5.83. The third-order valence-corrected chi connectivity index (χ3v) is 3.00. The van der Waals surface area contributed by atoms with Crippen LogP contribution in [0.2, 0.25) is 0 Å². The summed E-state index contributed by atoms with van der Waals surface area (Å²) in [5.74, 6) is -1.30. The summed E-state index contributed by atoms with van der Waals surface area (Å²) < 4.78 is 0. The van der Waals surface area contributed by atoms with Crippen LogP contribution < -0.4 is 5.32 Å². The molecule has 104 valence electrons. The Balaban J connectivity index is 2.75. The van der Waals surface area contributed by atoms with E-state index in [2.05, 4.69) is 32.2 Å². The molecule has 0 heterocycles. The van der Waals surface area contributed by atoms with Gasteiger partial charge in [0.05, 0.1) is 6.42 Å². The van der Waals surface area contributed by atoms with Gasteiger partial charge in [-0.15, -0.1) is 0 Å². The molecule has 0 fully saturated rings. The van der Waals surface area contributed by atoms with Crippen LogP contribution in [-0.4, -0.2) is 23.5 Å². The number of hydrogen-bond acceptors (Lipinski definition) is 2. The van der Waals surface area contributed by atoms with Crippen molar-refractivity contribution in [1.82, 2.24) is 5.32 Å². The lowest BCUT2D eigenvalue weighted by molar-refractivity contribution is -0.137. The van der Waals surface area contributed by atoms with Gasteiger partial charge in [0.25, 0.3) is 0 Å². The Morgan fingerprint density at radius 1 is 1.26 bits per heavy atom. The highest BCUT2D eigenvalue weighted by Crippen LogP contribution is 2.24. The second-order valence-electron chi connectivity index (χ2n) is 5.74. The number of carboxylic acid groups (broad SMARTS) is 1. The molecule has 0 aromatic heterocycles. The monoisotopic (exact) mass is 263 g/mol. The third-order valence-electron chi connectivity index (χ3n) is 3.00. The number of aliphatic carboxylic acids is 1. The zero-order chi connectivity index (χ0) is 14.6. The fourth-order valence-electron chi connectivity index (χ4n) is 1.77. The van der Waals surface area contributed by atoms with Gasteiger partial charge in [0.1, 0.15) is 6.54 Å². The third kappa shape index (κ3) is 4.73. The molecule has 4 heteroatoms. The maximum atomic E-state index is 11.6. The van der Waals surface area contributed by atoms with Crippen molar-refractivity contribution >= 4 is 11.9 Å². The Kier molecular flexibility index (Phi) is 4.70. The number of rotatable bonds is 4. The van der Waals surface area contributed by atoms with Crippen molar-refractivity contribution < 1.29 is 14.7 Å². The van der Waals surface area contributed by atoms with Crippen molar-refractivity contribution in [2.45, 2.75) is 39.5 Å². The lowest BCUT2D eigenvalue weighted by Crippen LogP contribution is -2.30. The molecule has 4 nitrogen and oxygen atoms in total. The average molecular weight is 263 g/mol. The van der Waals surface area contributed by atoms with Crippen molar-refractivity contribution in [3.05, 3.63) is 34.9 Å². The van der Waals surface area contributed by atoms with E-state index in [1.807, 2.05) is 19.1 Å². The first-order chi connectivity index (χ1) is 8.70. The van der Waals surface area contributed by atoms with Crippen LogP contribution in [0.25, 0.3) is 0 Å². The van der Waals surface area contributed by atoms with E-state index in [1.165, 1.54) is 5.56 Å². The quantitative estimate of drug-likeness (QED) is 0.873. The normalized spacial score (nSPS) is 11.2. The molecule has 0 unspecified atom stereocenters. The lowest BCUT2D eigenvalue weighted by atomic mass is 9.85. The van der Waals surface area contributed by atoms with Gasteiger partial charge in [0.2, 0.25) is 5.91 Å².